The molecule has 0 saturated heterocycles. The van der Waals surface area contributed by atoms with Crippen molar-refractivity contribution in [3.05, 3.63) is 122 Å². The van der Waals surface area contributed by atoms with E-state index >= 15 is 0 Å². The van der Waals surface area contributed by atoms with Gasteiger partial charge in [0.1, 0.15) is 0 Å². The number of aromatic amines is 1. The molecule has 5 aromatic rings. The fourth-order valence-corrected chi connectivity index (χ4v) is 7.14. The largest absolute Gasteiger partial charge is 0.327 e. The monoisotopic (exact) mass is 654 g/mol. The van der Waals surface area contributed by atoms with Crippen molar-refractivity contribution in [2.24, 2.45) is 5.73 Å². The average Bonchev–Trinajstić information content (AvgIpc) is 3.91. The van der Waals surface area contributed by atoms with E-state index in [1.54, 1.807) is 30.6 Å². The molecule has 7 rings (SSSR count). The first kappa shape index (κ1) is 31.9. The van der Waals surface area contributed by atoms with Gasteiger partial charge in [0.15, 0.2) is 0 Å². The fourth-order valence-electron chi connectivity index (χ4n) is 6.52. The van der Waals surface area contributed by atoms with Crippen LogP contribution in [0.25, 0.3) is 21.9 Å². The molecule has 3 heterocycles. The highest BCUT2D eigenvalue weighted by atomic mass is 35.5. The van der Waals surface area contributed by atoms with Crippen molar-refractivity contribution in [3.63, 3.8) is 0 Å². The summed E-state index contributed by atoms with van der Waals surface area (Å²) in [6, 6.07) is 18.8. The molecule has 0 aliphatic heterocycles. The normalized spacial score (nSPS) is 16.2. The number of nitrogens with two attached hydrogens (primary N) is 1. The molecule has 0 spiro atoms. The minimum atomic E-state index is -0.708. The Morgan fingerprint density at radius 2 is 1.80 bits per heavy atom. The van der Waals surface area contributed by atoms with Crippen molar-refractivity contribution in [3.8, 4) is 11.1 Å². The van der Waals surface area contributed by atoms with Crippen LogP contribution in [0.15, 0.2) is 77.9 Å². The number of pyridine rings is 2. The Balaban J connectivity index is 0.00000182. The Morgan fingerprint density at radius 1 is 1.02 bits per heavy atom. The molecule has 0 radical (unpaired) electrons. The molecule has 1 fully saturated rings. The third-order valence-electron chi connectivity index (χ3n) is 8.98. The molecular formula is C36H36Cl2N6O2. The van der Waals surface area contributed by atoms with Crippen LogP contribution in [-0.2, 0) is 29.7 Å². The van der Waals surface area contributed by atoms with E-state index in [4.69, 9.17) is 38.9 Å². The first-order chi connectivity index (χ1) is 22.4. The Morgan fingerprint density at radius 3 is 2.50 bits per heavy atom. The van der Waals surface area contributed by atoms with Gasteiger partial charge in [-0.05, 0) is 79.6 Å². The van der Waals surface area contributed by atoms with E-state index in [0.29, 0.717) is 45.9 Å². The summed E-state index contributed by atoms with van der Waals surface area (Å²) in [5.74, 6) is 0.0347. The second-order valence-electron chi connectivity index (χ2n) is 11.6. The maximum Gasteiger partial charge on any atom is 0.272 e. The van der Waals surface area contributed by atoms with Gasteiger partial charge >= 0.3 is 0 Å². The van der Waals surface area contributed by atoms with Crippen LogP contribution < -0.4 is 11.3 Å². The van der Waals surface area contributed by atoms with Crippen LogP contribution >= 0.6 is 23.2 Å². The molecule has 8 nitrogen and oxygen atoms in total. The summed E-state index contributed by atoms with van der Waals surface area (Å²) in [5, 5.41) is 8.96. The molecule has 2 aromatic carbocycles. The van der Waals surface area contributed by atoms with Gasteiger partial charge in [-0.25, -0.2) is 5.10 Å². The molecule has 3 N–H and O–H groups in total. The van der Waals surface area contributed by atoms with E-state index in [1.165, 1.54) is 5.56 Å². The maximum absolute atomic E-state index is 14.8. The number of hydrogen-bond donors (Lipinski definition) is 2. The maximum atomic E-state index is 14.8. The summed E-state index contributed by atoms with van der Waals surface area (Å²) in [5.41, 5.74) is 10.8. The standard InChI is InChI=1S/C34H30Cl2N6O2.C2H6/c35-26-6-2-7-27(36)30(26)21-9-11-23(39-18-21)19-42(29-8-1-4-20-5-3-15-38-31(20)29)33(44)34(13-14-34)22-10-12-24-25(16-22)28(17-37)40-41-32(24)43;1-2/h2-3,5-7,9-12,15-16,18,29H,1,4,8,13-14,17,19,37H2,(H,41,43);1-2H3. The van der Waals surface area contributed by atoms with Crippen molar-refractivity contribution in [1.82, 2.24) is 25.1 Å². The Labute approximate surface area is 278 Å². The van der Waals surface area contributed by atoms with E-state index < -0.39 is 5.41 Å². The third-order valence-corrected chi connectivity index (χ3v) is 9.61. The minimum absolute atomic E-state index is 0.0347. The number of carbonyl (C=O) groups is 1. The van der Waals surface area contributed by atoms with E-state index in [1.807, 2.05) is 55.1 Å². The molecular weight excluding hydrogens is 619 g/mol. The summed E-state index contributed by atoms with van der Waals surface area (Å²) < 4.78 is 0. The number of carbonyl (C=O) groups excluding carboxylic acids is 1. The van der Waals surface area contributed by atoms with Gasteiger partial charge in [0.2, 0.25) is 5.91 Å². The highest BCUT2D eigenvalue weighted by molar-refractivity contribution is 6.39. The SMILES string of the molecule is CC.NCc1n[nH]c(=O)c2ccc(C3(C(=O)N(Cc4ccc(-c5c(Cl)cccc5Cl)cn4)C4CCCc5cccnc54)CC3)cc12. The van der Waals surface area contributed by atoms with Gasteiger partial charge in [-0.15, -0.1) is 0 Å². The lowest BCUT2D eigenvalue weighted by Gasteiger charge is -2.37. The van der Waals surface area contributed by atoms with Crippen LogP contribution in [0, 0.1) is 0 Å². The Kier molecular flexibility index (Phi) is 9.22. The van der Waals surface area contributed by atoms with Crippen LogP contribution in [0.1, 0.15) is 73.8 Å². The number of hydrogen-bond acceptors (Lipinski definition) is 6. The molecule has 0 bridgehead atoms. The lowest BCUT2D eigenvalue weighted by atomic mass is 9.87. The van der Waals surface area contributed by atoms with Gasteiger partial charge in [0, 0.05) is 45.5 Å². The lowest BCUT2D eigenvalue weighted by molar-refractivity contribution is -0.137. The minimum Gasteiger partial charge on any atom is -0.327 e. The zero-order valence-electron chi connectivity index (χ0n) is 25.9. The smallest absolute Gasteiger partial charge is 0.272 e. The molecule has 1 amide bonds. The average molecular weight is 656 g/mol. The van der Waals surface area contributed by atoms with Crippen molar-refractivity contribution in [1.29, 1.82) is 0 Å². The number of H-pyrrole nitrogens is 1. The van der Waals surface area contributed by atoms with E-state index in [0.717, 1.165) is 47.3 Å². The summed E-state index contributed by atoms with van der Waals surface area (Å²) in [6.45, 7) is 4.50. The molecule has 2 aliphatic rings. The van der Waals surface area contributed by atoms with Crippen LogP contribution in [0.4, 0.5) is 0 Å². The topological polar surface area (TPSA) is 118 Å². The summed E-state index contributed by atoms with van der Waals surface area (Å²) in [4.78, 5) is 38.8. The zero-order chi connectivity index (χ0) is 32.4. The predicted octanol–water partition coefficient (Wildman–Crippen LogP) is 7.31. The van der Waals surface area contributed by atoms with Crippen molar-refractivity contribution >= 4 is 39.9 Å². The summed E-state index contributed by atoms with van der Waals surface area (Å²) >= 11 is 12.9. The molecule has 46 heavy (non-hydrogen) atoms. The number of benzene rings is 2. The molecule has 3 aromatic heterocycles. The van der Waals surface area contributed by atoms with E-state index in [2.05, 4.69) is 16.3 Å². The first-order valence-electron chi connectivity index (χ1n) is 15.8. The number of aryl methyl sites for hydroxylation is 1. The zero-order valence-corrected chi connectivity index (χ0v) is 27.4. The molecule has 10 heteroatoms. The van der Waals surface area contributed by atoms with E-state index in [-0.39, 0.29) is 24.1 Å². The second kappa shape index (κ2) is 13.3. The van der Waals surface area contributed by atoms with Gasteiger partial charge in [0.05, 0.1) is 40.5 Å². The van der Waals surface area contributed by atoms with Gasteiger partial charge < -0.3 is 10.6 Å². The van der Waals surface area contributed by atoms with Gasteiger partial charge in [-0.3, -0.25) is 19.6 Å². The summed E-state index contributed by atoms with van der Waals surface area (Å²) in [7, 11) is 0. The number of aromatic nitrogens is 4. The number of halogens is 2. The predicted molar refractivity (Wildman–Crippen MR) is 183 cm³/mol. The van der Waals surface area contributed by atoms with Gasteiger partial charge in [-0.2, -0.15) is 5.10 Å². The van der Waals surface area contributed by atoms with E-state index in [9.17, 15) is 9.59 Å². The van der Waals surface area contributed by atoms with Crippen molar-refractivity contribution in [2.75, 3.05) is 0 Å². The Hall–Kier alpha value is -4.11. The van der Waals surface area contributed by atoms with Crippen LogP contribution in [0.3, 0.4) is 0 Å². The molecule has 1 saturated carbocycles. The lowest BCUT2D eigenvalue weighted by Crippen LogP contribution is -2.43. The highest BCUT2D eigenvalue weighted by Gasteiger charge is 2.54. The quantitative estimate of drug-likeness (QED) is 0.190. The fraction of sp³-hybridized carbons (Fsp3) is 0.306. The third kappa shape index (κ3) is 5.81. The van der Waals surface area contributed by atoms with Crippen molar-refractivity contribution in [2.45, 2.75) is 70.5 Å². The summed E-state index contributed by atoms with van der Waals surface area (Å²) in [6.07, 6.45) is 7.69. The molecule has 2 aliphatic carbocycles. The molecule has 1 atom stereocenters. The number of rotatable bonds is 7. The van der Waals surface area contributed by atoms with Crippen LogP contribution in [0.5, 0.6) is 0 Å². The molecule has 1 unspecified atom stereocenters. The number of amides is 1. The number of fused-ring (bicyclic) bond motifs is 2. The highest BCUT2D eigenvalue weighted by Crippen LogP contribution is 2.52. The van der Waals surface area contributed by atoms with Gasteiger partial charge in [-0.1, -0.05) is 61.3 Å². The Bertz CT molecular complexity index is 1940. The van der Waals surface area contributed by atoms with Crippen LogP contribution in [-0.4, -0.2) is 31.0 Å². The number of nitrogens with one attached hydrogen (secondary N) is 1. The second-order valence-corrected chi connectivity index (χ2v) is 12.4. The van der Waals surface area contributed by atoms with Crippen molar-refractivity contribution < 1.29 is 4.79 Å². The number of nitrogens with zero attached hydrogens (tertiary/aromatic N) is 4. The van der Waals surface area contributed by atoms with Crippen LogP contribution in [0.2, 0.25) is 10.0 Å². The first-order valence-corrected chi connectivity index (χ1v) is 16.5. The molecule has 236 valence electrons. The van der Waals surface area contributed by atoms with Gasteiger partial charge in [0.25, 0.3) is 5.56 Å².